The number of aromatic nitrogens is 4. The molecular weight excluding hydrogens is 350 g/mol. The largest absolute Gasteiger partial charge is 0.497 e. The van der Waals surface area contributed by atoms with Gasteiger partial charge >= 0.3 is 0 Å². The molecule has 0 aliphatic carbocycles. The van der Waals surface area contributed by atoms with Gasteiger partial charge in [-0.1, -0.05) is 13.0 Å². The van der Waals surface area contributed by atoms with E-state index in [0.717, 1.165) is 18.7 Å². The second-order valence-electron chi connectivity index (χ2n) is 5.76. The first-order chi connectivity index (χ1) is 12.6. The van der Waals surface area contributed by atoms with Crippen LogP contribution in [0.1, 0.15) is 19.2 Å². The Kier molecular flexibility index (Phi) is 5.52. The van der Waals surface area contributed by atoms with Crippen molar-refractivity contribution in [1.82, 2.24) is 19.1 Å². The average Bonchev–Trinajstić information content (AvgIpc) is 3.24. The van der Waals surface area contributed by atoms with E-state index in [0.29, 0.717) is 16.2 Å². The standard InChI is InChI=1S/C18H21N5O2S/c1-3-7-16-20-22(18(26)23(16)21-10-4-5-11-21)13-17(24)19-14-8-6-9-15(12-14)25-2/h4-6,8-12H,3,7,13H2,1-2H3,(H,19,24). The molecule has 3 aromatic rings. The number of hydrogen-bond donors (Lipinski definition) is 1. The monoisotopic (exact) mass is 371 g/mol. The first-order valence-corrected chi connectivity index (χ1v) is 8.79. The van der Waals surface area contributed by atoms with Crippen molar-refractivity contribution in [1.29, 1.82) is 0 Å². The van der Waals surface area contributed by atoms with E-state index >= 15 is 0 Å². The van der Waals surface area contributed by atoms with Crippen LogP contribution in [0.5, 0.6) is 5.75 Å². The fourth-order valence-electron chi connectivity index (χ4n) is 2.65. The minimum Gasteiger partial charge on any atom is -0.497 e. The number of aryl methyl sites for hydroxylation is 1. The van der Waals surface area contributed by atoms with E-state index in [2.05, 4.69) is 17.3 Å². The number of benzene rings is 1. The SMILES string of the molecule is CCCc1nn(CC(=O)Nc2cccc(OC)c2)c(=S)n1-n1cccc1. The number of carbonyl (C=O) groups excluding carboxylic acids is 1. The summed E-state index contributed by atoms with van der Waals surface area (Å²) >= 11 is 5.54. The van der Waals surface area contributed by atoms with Crippen LogP contribution in [0.2, 0.25) is 0 Å². The Hall–Kier alpha value is -2.87. The molecule has 2 heterocycles. The third-order valence-corrected chi connectivity index (χ3v) is 4.21. The van der Waals surface area contributed by atoms with Crippen molar-refractivity contribution in [2.24, 2.45) is 0 Å². The maximum atomic E-state index is 12.4. The highest BCUT2D eigenvalue weighted by Crippen LogP contribution is 2.16. The van der Waals surface area contributed by atoms with E-state index in [9.17, 15) is 4.79 Å². The van der Waals surface area contributed by atoms with Gasteiger partial charge in [0.05, 0.1) is 7.11 Å². The quantitative estimate of drug-likeness (QED) is 0.648. The highest BCUT2D eigenvalue weighted by molar-refractivity contribution is 7.71. The third kappa shape index (κ3) is 3.85. The summed E-state index contributed by atoms with van der Waals surface area (Å²) in [6.07, 6.45) is 5.50. The molecule has 8 heteroatoms. The summed E-state index contributed by atoms with van der Waals surface area (Å²) in [5.41, 5.74) is 0.666. The lowest BCUT2D eigenvalue weighted by Crippen LogP contribution is -2.20. The minimum atomic E-state index is -0.199. The van der Waals surface area contributed by atoms with E-state index < -0.39 is 0 Å². The average molecular weight is 371 g/mol. The number of nitrogens with zero attached hydrogens (tertiary/aromatic N) is 4. The molecule has 0 spiro atoms. The lowest BCUT2D eigenvalue weighted by Gasteiger charge is -2.07. The number of amides is 1. The number of hydrogen-bond acceptors (Lipinski definition) is 4. The predicted octanol–water partition coefficient (Wildman–Crippen LogP) is 3.13. The van der Waals surface area contributed by atoms with Crippen LogP contribution in [0.25, 0.3) is 0 Å². The molecule has 0 saturated heterocycles. The molecule has 0 radical (unpaired) electrons. The van der Waals surface area contributed by atoms with Gasteiger partial charge in [0.15, 0.2) is 5.82 Å². The van der Waals surface area contributed by atoms with Gasteiger partial charge in [0.2, 0.25) is 10.7 Å². The second kappa shape index (κ2) is 8.01. The lowest BCUT2D eigenvalue weighted by molar-refractivity contribution is -0.116. The summed E-state index contributed by atoms with van der Waals surface area (Å²) in [4.78, 5) is 12.4. The van der Waals surface area contributed by atoms with Gasteiger partial charge in [-0.3, -0.25) is 9.47 Å². The molecule has 0 fully saturated rings. The van der Waals surface area contributed by atoms with E-state index in [-0.39, 0.29) is 12.5 Å². The van der Waals surface area contributed by atoms with Crippen LogP contribution in [0, 0.1) is 4.77 Å². The summed E-state index contributed by atoms with van der Waals surface area (Å²) in [6, 6.07) is 11.1. The Morgan fingerprint density at radius 2 is 2.04 bits per heavy atom. The molecule has 1 amide bonds. The fourth-order valence-corrected chi connectivity index (χ4v) is 2.96. The van der Waals surface area contributed by atoms with Crippen molar-refractivity contribution in [2.75, 3.05) is 12.4 Å². The van der Waals surface area contributed by atoms with Crippen LogP contribution >= 0.6 is 12.2 Å². The van der Waals surface area contributed by atoms with Gasteiger partial charge in [-0.25, -0.2) is 9.36 Å². The molecule has 26 heavy (non-hydrogen) atoms. The number of carbonyl (C=O) groups is 1. The molecule has 0 saturated carbocycles. The number of rotatable bonds is 7. The topological polar surface area (TPSA) is 66.0 Å². The van der Waals surface area contributed by atoms with Gasteiger partial charge in [0.1, 0.15) is 12.3 Å². The molecule has 1 aromatic carbocycles. The van der Waals surface area contributed by atoms with Gasteiger partial charge in [0, 0.05) is 30.6 Å². The molecule has 0 unspecified atom stereocenters. The fraction of sp³-hybridized carbons (Fsp3) is 0.278. The zero-order valence-electron chi connectivity index (χ0n) is 14.8. The Morgan fingerprint density at radius 3 is 2.73 bits per heavy atom. The smallest absolute Gasteiger partial charge is 0.246 e. The Bertz CT molecular complexity index is 943. The summed E-state index contributed by atoms with van der Waals surface area (Å²) in [6.45, 7) is 2.12. The van der Waals surface area contributed by atoms with Gasteiger partial charge < -0.3 is 10.1 Å². The van der Waals surface area contributed by atoms with Gasteiger partial charge in [-0.15, -0.1) is 0 Å². The molecule has 0 bridgehead atoms. The summed E-state index contributed by atoms with van der Waals surface area (Å²) in [5.74, 6) is 1.30. The highest BCUT2D eigenvalue weighted by Gasteiger charge is 2.14. The number of nitrogens with one attached hydrogen (secondary N) is 1. The zero-order valence-corrected chi connectivity index (χ0v) is 15.6. The van der Waals surface area contributed by atoms with Crippen LogP contribution in [-0.4, -0.2) is 32.1 Å². The van der Waals surface area contributed by atoms with Crippen molar-refractivity contribution in [3.63, 3.8) is 0 Å². The van der Waals surface area contributed by atoms with Crippen molar-refractivity contribution in [2.45, 2.75) is 26.3 Å². The number of ether oxygens (including phenoxy) is 1. The summed E-state index contributed by atoms with van der Waals surface area (Å²) in [5, 5.41) is 7.39. The molecule has 3 rings (SSSR count). The molecular formula is C18H21N5O2S. The van der Waals surface area contributed by atoms with Crippen LogP contribution in [-0.2, 0) is 17.8 Å². The normalized spacial score (nSPS) is 10.7. The highest BCUT2D eigenvalue weighted by atomic mass is 32.1. The zero-order chi connectivity index (χ0) is 18.5. The first kappa shape index (κ1) is 17.9. The lowest BCUT2D eigenvalue weighted by atomic mass is 10.3. The molecule has 0 aliphatic rings. The Morgan fingerprint density at radius 1 is 1.27 bits per heavy atom. The van der Waals surface area contributed by atoms with E-state index in [4.69, 9.17) is 17.0 Å². The molecule has 2 aromatic heterocycles. The summed E-state index contributed by atoms with van der Waals surface area (Å²) < 4.78 is 10.9. The molecule has 0 atom stereocenters. The second-order valence-corrected chi connectivity index (χ2v) is 6.13. The molecule has 1 N–H and O–H groups in total. The third-order valence-electron chi connectivity index (χ3n) is 3.82. The number of anilines is 1. The van der Waals surface area contributed by atoms with Gasteiger partial charge in [-0.2, -0.15) is 5.10 Å². The molecule has 0 aliphatic heterocycles. The van der Waals surface area contributed by atoms with Gasteiger partial charge in [0.25, 0.3) is 0 Å². The molecule has 136 valence electrons. The van der Waals surface area contributed by atoms with Crippen molar-refractivity contribution >= 4 is 23.8 Å². The first-order valence-electron chi connectivity index (χ1n) is 8.38. The van der Waals surface area contributed by atoms with E-state index in [1.165, 1.54) is 0 Å². The summed E-state index contributed by atoms with van der Waals surface area (Å²) in [7, 11) is 1.59. The van der Waals surface area contributed by atoms with Crippen LogP contribution in [0.3, 0.4) is 0 Å². The van der Waals surface area contributed by atoms with Crippen LogP contribution < -0.4 is 10.1 Å². The maximum Gasteiger partial charge on any atom is 0.246 e. The van der Waals surface area contributed by atoms with Crippen LogP contribution in [0.4, 0.5) is 5.69 Å². The van der Waals surface area contributed by atoms with E-state index in [1.54, 1.807) is 23.9 Å². The van der Waals surface area contributed by atoms with E-state index in [1.807, 2.05) is 46.0 Å². The number of methoxy groups -OCH3 is 1. The van der Waals surface area contributed by atoms with Crippen molar-refractivity contribution < 1.29 is 9.53 Å². The minimum absolute atomic E-state index is 0.0427. The van der Waals surface area contributed by atoms with Gasteiger partial charge in [-0.05, 0) is 42.9 Å². The Balaban J connectivity index is 1.82. The molecule has 7 nitrogen and oxygen atoms in total. The van der Waals surface area contributed by atoms with Crippen LogP contribution in [0.15, 0.2) is 48.8 Å². The predicted molar refractivity (Wildman–Crippen MR) is 102 cm³/mol. The maximum absolute atomic E-state index is 12.4. The van der Waals surface area contributed by atoms with Crippen molar-refractivity contribution in [3.05, 3.63) is 59.4 Å². The Labute approximate surface area is 156 Å². The van der Waals surface area contributed by atoms with Crippen molar-refractivity contribution in [3.8, 4) is 5.75 Å².